The molecule has 0 radical (unpaired) electrons. The van der Waals surface area contributed by atoms with Gasteiger partial charge in [-0.2, -0.15) is 5.10 Å². The average molecular weight is 325 g/mol. The second-order valence-corrected chi connectivity index (χ2v) is 4.97. The van der Waals surface area contributed by atoms with Gasteiger partial charge in [0.2, 0.25) is 5.91 Å². The van der Waals surface area contributed by atoms with Crippen molar-refractivity contribution in [3.05, 3.63) is 54.3 Å². The third-order valence-corrected chi connectivity index (χ3v) is 3.26. The normalized spacial score (nSPS) is 12.4. The summed E-state index contributed by atoms with van der Waals surface area (Å²) in [6, 6.07) is 3.17. The van der Waals surface area contributed by atoms with Crippen LogP contribution in [-0.2, 0) is 18.4 Å². The Morgan fingerprint density at radius 3 is 2.91 bits per heavy atom. The lowest BCUT2D eigenvalue weighted by atomic mass is 10.2. The summed E-state index contributed by atoms with van der Waals surface area (Å²) in [6.45, 7) is 3.16. The Balaban J connectivity index is 2.19. The summed E-state index contributed by atoms with van der Waals surface area (Å²) in [4.78, 5) is 13.2. The summed E-state index contributed by atoms with van der Waals surface area (Å²) in [5.41, 5.74) is -0.175. The Kier molecular flexibility index (Phi) is 5.28. The van der Waals surface area contributed by atoms with Crippen molar-refractivity contribution in [2.75, 3.05) is 6.54 Å². The molecule has 0 fully saturated rings. The summed E-state index contributed by atoms with van der Waals surface area (Å²) in [7, 11) is 1.52. The Bertz CT molecular complexity index is 668. The molecule has 2 rings (SSSR count). The van der Waals surface area contributed by atoms with Gasteiger partial charge in [-0.1, -0.05) is 6.58 Å². The Labute approximate surface area is 131 Å². The van der Waals surface area contributed by atoms with E-state index in [9.17, 15) is 18.7 Å². The Morgan fingerprint density at radius 1 is 1.61 bits per heavy atom. The quantitative estimate of drug-likeness (QED) is 0.792. The molecule has 0 aliphatic heterocycles. The van der Waals surface area contributed by atoms with Crippen LogP contribution in [0.3, 0.4) is 0 Å². The van der Waals surface area contributed by atoms with Crippen LogP contribution in [0.5, 0.6) is 0 Å². The largest absolute Gasteiger partial charge is 0.467 e. The maximum absolute atomic E-state index is 13.0. The zero-order valence-corrected chi connectivity index (χ0v) is 12.5. The number of halogens is 2. The number of furan rings is 1. The van der Waals surface area contributed by atoms with Crippen LogP contribution in [0.15, 0.2) is 41.7 Å². The molecular formula is C15H17F2N3O3. The minimum Gasteiger partial charge on any atom is -0.467 e. The van der Waals surface area contributed by atoms with Gasteiger partial charge in [0.05, 0.1) is 12.8 Å². The number of aromatic nitrogens is 2. The molecule has 8 heteroatoms. The van der Waals surface area contributed by atoms with Crippen molar-refractivity contribution < 1.29 is 23.1 Å². The molecule has 23 heavy (non-hydrogen) atoms. The highest BCUT2D eigenvalue weighted by Gasteiger charge is 2.23. The predicted molar refractivity (Wildman–Crippen MR) is 77.4 cm³/mol. The molecule has 0 spiro atoms. The lowest BCUT2D eigenvalue weighted by Crippen LogP contribution is -2.33. The molecule has 0 bridgehead atoms. The summed E-state index contributed by atoms with van der Waals surface area (Å²) in [5, 5.41) is 13.8. The molecule has 1 atom stereocenters. The average Bonchev–Trinajstić information content (AvgIpc) is 3.15. The summed E-state index contributed by atoms with van der Waals surface area (Å²) >= 11 is 0. The van der Waals surface area contributed by atoms with Crippen LogP contribution < -0.4 is 0 Å². The number of hydrogen-bond acceptors (Lipinski definition) is 4. The molecule has 124 valence electrons. The molecule has 6 nitrogen and oxygen atoms in total. The van der Waals surface area contributed by atoms with Crippen molar-refractivity contribution in [3.8, 4) is 0 Å². The number of alkyl halides is 2. The maximum atomic E-state index is 13.0. The van der Waals surface area contributed by atoms with E-state index in [1.807, 2.05) is 0 Å². The predicted octanol–water partition coefficient (Wildman–Crippen LogP) is 2.20. The van der Waals surface area contributed by atoms with E-state index < -0.39 is 18.4 Å². The maximum Gasteiger partial charge on any atom is 0.282 e. The van der Waals surface area contributed by atoms with Gasteiger partial charge in [0.15, 0.2) is 0 Å². The summed E-state index contributed by atoms with van der Waals surface area (Å²) in [6.07, 6.45) is 0.0634. The van der Waals surface area contributed by atoms with Gasteiger partial charge in [0, 0.05) is 25.4 Å². The number of aliphatic hydroxyl groups is 1. The van der Waals surface area contributed by atoms with Crippen LogP contribution in [0.25, 0.3) is 0 Å². The van der Waals surface area contributed by atoms with Gasteiger partial charge in [0.25, 0.3) is 6.43 Å². The monoisotopic (exact) mass is 325 g/mol. The van der Waals surface area contributed by atoms with Gasteiger partial charge in [-0.3, -0.25) is 9.48 Å². The molecule has 0 aliphatic carbocycles. The Morgan fingerprint density at radius 2 is 2.35 bits per heavy atom. The van der Waals surface area contributed by atoms with Gasteiger partial charge >= 0.3 is 0 Å². The fourth-order valence-corrected chi connectivity index (χ4v) is 2.21. The molecule has 1 unspecified atom stereocenters. The SMILES string of the molecule is C=CC(=O)N(Cc1cn(C)nc1C(F)F)CC(O)c1ccco1. The van der Waals surface area contributed by atoms with Crippen LogP contribution in [0.2, 0.25) is 0 Å². The lowest BCUT2D eigenvalue weighted by Gasteiger charge is -2.23. The fourth-order valence-electron chi connectivity index (χ4n) is 2.21. The Hall–Kier alpha value is -2.48. The number of aryl methyl sites for hydroxylation is 1. The van der Waals surface area contributed by atoms with Crippen molar-refractivity contribution in [1.82, 2.24) is 14.7 Å². The first-order valence-electron chi connectivity index (χ1n) is 6.85. The van der Waals surface area contributed by atoms with E-state index in [0.29, 0.717) is 0 Å². The molecule has 0 aromatic carbocycles. The second kappa shape index (κ2) is 7.19. The van der Waals surface area contributed by atoms with E-state index in [1.165, 1.54) is 29.1 Å². The zero-order chi connectivity index (χ0) is 17.0. The second-order valence-electron chi connectivity index (χ2n) is 4.97. The molecule has 2 heterocycles. The lowest BCUT2D eigenvalue weighted by molar-refractivity contribution is -0.128. The number of amides is 1. The fraction of sp³-hybridized carbons (Fsp3) is 0.333. The zero-order valence-electron chi connectivity index (χ0n) is 12.5. The van der Waals surface area contributed by atoms with Crippen LogP contribution in [0, 0.1) is 0 Å². The first-order chi connectivity index (χ1) is 10.9. The van der Waals surface area contributed by atoms with E-state index in [0.717, 1.165) is 6.08 Å². The molecule has 0 saturated carbocycles. The highest BCUT2D eigenvalue weighted by atomic mass is 19.3. The third kappa shape index (κ3) is 4.04. The number of carbonyl (C=O) groups excluding carboxylic acids is 1. The number of hydrogen-bond donors (Lipinski definition) is 1. The van der Waals surface area contributed by atoms with Crippen LogP contribution in [0.1, 0.15) is 29.5 Å². The molecule has 1 N–H and O–H groups in total. The topological polar surface area (TPSA) is 71.5 Å². The van der Waals surface area contributed by atoms with Crippen LogP contribution in [-0.4, -0.2) is 32.2 Å². The van der Waals surface area contributed by atoms with Crippen LogP contribution >= 0.6 is 0 Å². The summed E-state index contributed by atoms with van der Waals surface area (Å²) in [5.74, 6) is -0.202. The van der Waals surface area contributed by atoms with E-state index in [-0.39, 0.29) is 30.1 Å². The molecule has 0 saturated heterocycles. The van der Waals surface area contributed by atoms with Crippen LogP contribution in [0.4, 0.5) is 8.78 Å². The number of aliphatic hydroxyl groups excluding tert-OH is 1. The van der Waals surface area contributed by atoms with E-state index >= 15 is 0 Å². The summed E-state index contributed by atoms with van der Waals surface area (Å²) < 4.78 is 32.3. The van der Waals surface area contributed by atoms with Gasteiger partial charge in [-0.05, 0) is 18.2 Å². The number of nitrogens with zero attached hydrogens (tertiary/aromatic N) is 3. The first kappa shape index (κ1) is 16.9. The van der Waals surface area contributed by atoms with Crippen molar-refractivity contribution in [2.45, 2.75) is 19.1 Å². The third-order valence-electron chi connectivity index (χ3n) is 3.26. The van der Waals surface area contributed by atoms with Crippen molar-refractivity contribution in [2.24, 2.45) is 7.05 Å². The van der Waals surface area contributed by atoms with Crippen molar-refractivity contribution in [3.63, 3.8) is 0 Å². The molecule has 0 aliphatic rings. The molecule has 2 aromatic rings. The number of rotatable bonds is 7. The highest BCUT2D eigenvalue weighted by Crippen LogP contribution is 2.23. The first-order valence-corrected chi connectivity index (χ1v) is 6.85. The van der Waals surface area contributed by atoms with Gasteiger partial charge in [-0.15, -0.1) is 0 Å². The number of carbonyl (C=O) groups is 1. The minimum atomic E-state index is -2.75. The molecular weight excluding hydrogens is 308 g/mol. The standard InChI is InChI=1S/C15H17F2N3O3/c1-3-13(22)20(9-11(21)12-5-4-6-23-12)8-10-7-19(2)18-14(10)15(16)17/h3-7,11,15,21H,1,8-9H2,2H3. The van der Waals surface area contributed by atoms with Gasteiger partial charge in [0.1, 0.15) is 17.6 Å². The highest BCUT2D eigenvalue weighted by molar-refractivity contribution is 5.87. The van der Waals surface area contributed by atoms with E-state index in [2.05, 4.69) is 11.7 Å². The van der Waals surface area contributed by atoms with Gasteiger partial charge < -0.3 is 14.4 Å². The van der Waals surface area contributed by atoms with E-state index in [4.69, 9.17) is 4.42 Å². The minimum absolute atomic E-state index is 0.115. The molecule has 2 aromatic heterocycles. The van der Waals surface area contributed by atoms with E-state index in [1.54, 1.807) is 12.1 Å². The smallest absolute Gasteiger partial charge is 0.282 e. The molecule has 1 amide bonds. The van der Waals surface area contributed by atoms with Gasteiger partial charge in [-0.25, -0.2) is 8.78 Å². The van der Waals surface area contributed by atoms with Crippen molar-refractivity contribution >= 4 is 5.91 Å². The van der Waals surface area contributed by atoms with Crippen molar-refractivity contribution in [1.29, 1.82) is 0 Å².